The van der Waals surface area contributed by atoms with Crippen LogP contribution in [0.25, 0.3) is 0 Å². The number of carbonyl (C=O) groups is 6. The Morgan fingerprint density at radius 1 is 0.429 bits per heavy atom. The number of rotatable bonds is 61. The zero-order valence-corrected chi connectivity index (χ0v) is 53.0. The summed E-state index contributed by atoms with van der Waals surface area (Å²) in [6, 6.07) is -1.68. The molecule has 492 valence electrons. The van der Waals surface area contributed by atoms with Gasteiger partial charge in [-0.3, -0.25) is 19.2 Å². The zero-order valence-electron chi connectivity index (χ0n) is 53.0. The van der Waals surface area contributed by atoms with Crippen LogP contribution >= 0.6 is 0 Å². The lowest BCUT2D eigenvalue weighted by molar-refractivity contribution is -0.257. The second-order valence-electron chi connectivity index (χ2n) is 23.2. The van der Waals surface area contributed by atoms with Crippen molar-refractivity contribution in [2.75, 3.05) is 13.2 Å². The molecule has 19 nitrogen and oxygen atoms in total. The van der Waals surface area contributed by atoms with Gasteiger partial charge in [-0.05, 0) is 39.0 Å². The van der Waals surface area contributed by atoms with E-state index in [2.05, 4.69) is 38.3 Å². The Morgan fingerprint density at radius 2 is 0.810 bits per heavy atom. The number of carbonyl (C=O) groups excluding carboxylic acids is 4. The Labute approximate surface area is 506 Å². The van der Waals surface area contributed by atoms with E-state index >= 15 is 0 Å². The number of aliphatic hydroxyl groups is 4. The lowest BCUT2D eigenvalue weighted by Gasteiger charge is -2.33. The lowest BCUT2D eigenvalue weighted by Crippen LogP contribution is -2.53. The van der Waals surface area contributed by atoms with Crippen LogP contribution in [-0.2, 0) is 52.5 Å². The van der Waals surface area contributed by atoms with Gasteiger partial charge in [-0.25, -0.2) is 9.59 Å². The molecule has 0 bridgehead atoms. The topological polar surface area (TPSA) is 294 Å². The molecule has 0 aliphatic heterocycles. The Bertz CT molecular complexity index is 1700. The molecule has 0 heterocycles. The molecule has 19 heteroatoms. The Kier molecular flexibility index (Phi) is 52.9. The van der Waals surface area contributed by atoms with Crippen LogP contribution in [0, 0.1) is 0 Å². The van der Waals surface area contributed by atoms with Crippen LogP contribution in [0.3, 0.4) is 0 Å². The van der Waals surface area contributed by atoms with Gasteiger partial charge in [0.2, 0.25) is 36.4 Å². The molecule has 0 spiro atoms. The molecule has 0 saturated heterocycles. The summed E-state index contributed by atoms with van der Waals surface area (Å²) in [5.41, 5.74) is 0. The summed E-state index contributed by atoms with van der Waals surface area (Å²) in [4.78, 5) is 78.7. The predicted molar refractivity (Wildman–Crippen MR) is 327 cm³/mol. The summed E-state index contributed by atoms with van der Waals surface area (Å²) >= 11 is 0. The molecule has 84 heavy (non-hydrogen) atoms. The fraction of sp³-hybridized carbons (Fsp3) is 0.877. The average molecular weight is 1200 g/mol. The van der Waals surface area contributed by atoms with Crippen LogP contribution in [0.15, 0.2) is 11.5 Å². The lowest BCUT2D eigenvalue weighted by atomic mass is 10.0. The van der Waals surface area contributed by atoms with E-state index in [1.165, 1.54) is 90.4 Å². The second kappa shape index (κ2) is 55.5. The first-order chi connectivity index (χ1) is 40.5. The molecule has 7 unspecified atom stereocenters. The third-order valence-electron chi connectivity index (χ3n) is 15.1. The van der Waals surface area contributed by atoms with Crippen LogP contribution in [0.4, 0.5) is 0 Å². The number of ether oxygens (including phenoxy) is 5. The average Bonchev–Trinajstić information content (AvgIpc) is 3.67. The largest absolute Gasteiger partial charge is 0.504 e. The summed E-state index contributed by atoms with van der Waals surface area (Å²) in [6.07, 6.45) is 29.2. The van der Waals surface area contributed by atoms with Crippen molar-refractivity contribution in [1.82, 2.24) is 10.6 Å². The molecule has 0 aliphatic rings. The van der Waals surface area contributed by atoms with Crippen LogP contribution in [0.5, 0.6) is 0 Å². The third kappa shape index (κ3) is 46.2. The van der Waals surface area contributed by atoms with Crippen molar-refractivity contribution in [2.24, 2.45) is 0 Å². The number of unbranched alkanes of at least 4 members (excludes halogenated alkanes) is 34. The van der Waals surface area contributed by atoms with Gasteiger partial charge in [-0.2, -0.15) is 0 Å². The summed E-state index contributed by atoms with van der Waals surface area (Å²) in [5, 5.41) is 65.9. The first-order valence-electron chi connectivity index (χ1n) is 33.3. The molecule has 2 amide bonds. The summed E-state index contributed by atoms with van der Waals surface area (Å²) < 4.78 is 29.3. The maximum absolute atomic E-state index is 14.3. The van der Waals surface area contributed by atoms with Gasteiger partial charge in [0.15, 0.2) is 11.8 Å². The minimum atomic E-state index is -2.44. The van der Waals surface area contributed by atoms with Crippen LogP contribution < -0.4 is 10.6 Å². The maximum Gasteiger partial charge on any atom is 0.374 e. The first kappa shape index (κ1) is 80.0. The van der Waals surface area contributed by atoms with E-state index in [9.17, 15) is 54.3 Å². The van der Waals surface area contributed by atoms with Crippen LogP contribution in [0.1, 0.15) is 311 Å². The summed E-state index contributed by atoms with van der Waals surface area (Å²) in [5.74, 6) is -9.07. The first-order valence-corrected chi connectivity index (χ1v) is 33.3. The molecule has 8 N–H and O–H groups in total. The van der Waals surface area contributed by atoms with Crippen molar-refractivity contribution in [3.63, 3.8) is 0 Å². The van der Waals surface area contributed by atoms with Crippen molar-refractivity contribution < 1.29 is 83.1 Å². The molecule has 0 aromatic carbocycles. The monoisotopic (exact) mass is 1200 g/mol. The summed E-state index contributed by atoms with van der Waals surface area (Å²) in [6.45, 7) is 8.29. The van der Waals surface area contributed by atoms with Crippen LogP contribution in [-0.4, -0.2) is 123 Å². The van der Waals surface area contributed by atoms with Crippen molar-refractivity contribution in [2.45, 2.75) is 354 Å². The SMILES string of the molecule is CCCCCCCCCCCCCC(=O)NC(COC(OC(COC(O)/C(O)=C(/O)C(=O)O)C(C)O)C(NC(=O)CCCCCCCCCCCCC)OC(=O)CC(CCCCCCCCCCC)OC(=O)CCCCCCCCC)C(=O)O. The molecule has 0 saturated carbocycles. The number of carboxylic acids is 2. The fourth-order valence-corrected chi connectivity index (χ4v) is 9.80. The third-order valence-corrected chi connectivity index (χ3v) is 15.1. The highest BCUT2D eigenvalue weighted by molar-refractivity contribution is 5.84. The number of hydrogen-bond donors (Lipinski definition) is 8. The highest BCUT2D eigenvalue weighted by Crippen LogP contribution is 2.21. The number of aliphatic hydroxyl groups excluding tert-OH is 4. The molecule has 0 fully saturated rings. The van der Waals surface area contributed by atoms with Crippen LogP contribution in [0.2, 0.25) is 0 Å². The molecule has 0 aromatic heterocycles. The predicted octanol–water partition coefficient (Wildman–Crippen LogP) is 14.2. The van der Waals surface area contributed by atoms with Gasteiger partial charge in [-0.1, -0.05) is 246 Å². The highest BCUT2D eigenvalue weighted by Gasteiger charge is 2.36. The van der Waals surface area contributed by atoms with Crippen molar-refractivity contribution in [1.29, 1.82) is 0 Å². The number of esters is 2. The normalized spacial score (nSPS) is 14.4. The minimum absolute atomic E-state index is 0.0180. The molecule has 0 rings (SSSR count). The van der Waals surface area contributed by atoms with Gasteiger partial charge in [0.25, 0.3) is 0 Å². The second-order valence-corrected chi connectivity index (χ2v) is 23.2. The smallest absolute Gasteiger partial charge is 0.374 e. The number of carboxylic acid groups (broad SMARTS) is 2. The van der Waals surface area contributed by atoms with Gasteiger partial charge in [-0.15, -0.1) is 0 Å². The molecule has 0 radical (unpaired) electrons. The molecule has 0 aromatic rings. The van der Waals surface area contributed by atoms with Gasteiger partial charge in [0.05, 0.1) is 25.7 Å². The number of amides is 2. The molecular formula is C65H120N2O17. The fourth-order valence-electron chi connectivity index (χ4n) is 9.80. The van der Waals surface area contributed by atoms with Gasteiger partial charge < -0.3 is 65.0 Å². The highest BCUT2D eigenvalue weighted by atomic mass is 16.7. The van der Waals surface area contributed by atoms with E-state index < -0.39 is 110 Å². The number of nitrogens with one attached hydrogen (secondary N) is 2. The standard InChI is InChI=1S/C65H120N2O17/c1-6-10-14-18-22-25-27-30-34-37-41-45-55(69)66-53(62(75)76)49-81-65(83-54(51(5)68)50-80-64(79)60(74)59(73)63(77)78)61(67-56(70)46-42-38-35-31-28-26-23-19-15-11-7-2)84-58(72)48-52(44-40-36-33-29-24-20-16-12-8-3)82-57(71)47-43-39-32-21-17-13-9-4/h51-54,61,64-65,68,73-74,79H,6-50H2,1-5H3,(H,66,69)(H,67,70)(H,75,76)(H,77,78)/b60-59-. The zero-order chi connectivity index (χ0) is 62.4. The quantitative estimate of drug-likeness (QED) is 0.00923. The summed E-state index contributed by atoms with van der Waals surface area (Å²) in [7, 11) is 0. The van der Waals surface area contributed by atoms with E-state index in [0.29, 0.717) is 32.1 Å². The van der Waals surface area contributed by atoms with Gasteiger partial charge in [0, 0.05) is 19.3 Å². The number of hydrogen-bond acceptors (Lipinski definition) is 15. The number of aliphatic carboxylic acids is 2. The van der Waals surface area contributed by atoms with E-state index in [-0.39, 0.29) is 19.3 Å². The minimum Gasteiger partial charge on any atom is -0.504 e. The van der Waals surface area contributed by atoms with Gasteiger partial charge >= 0.3 is 23.9 Å². The van der Waals surface area contributed by atoms with E-state index in [1.54, 1.807) is 0 Å². The van der Waals surface area contributed by atoms with E-state index in [0.717, 1.165) is 135 Å². The Balaban J connectivity index is 6.80. The van der Waals surface area contributed by atoms with Gasteiger partial charge in [0.1, 0.15) is 12.2 Å². The molecular weight excluding hydrogens is 1080 g/mol. The van der Waals surface area contributed by atoms with Crippen molar-refractivity contribution >= 4 is 35.7 Å². The van der Waals surface area contributed by atoms with E-state index in [4.69, 9.17) is 28.8 Å². The Morgan fingerprint density at radius 3 is 1.20 bits per heavy atom. The Hall–Kier alpha value is -4.04. The molecule has 7 atom stereocenters. The maximum atomic E-state index is 14.3. The van der Waals surface area contributed by atoms with E-state index in [1.807, 2.05) is 0 Å². The van der Waals surface area contributed by atoms with Crippen molar-refractivity contribution in [3.05, 3.63) is 11.5 Å². The van der Waals surface area contributed by atoms with Crippen molar-refractivity contribution in [3.8, 4) is 0 Å². The molecule has 0 aliphatic carbocycles.